The maximum absolute atomic E-state index is 4.87. The lowest BCUT2D eigenvalue weighted by Crippen LogP contribution is -2.29. The van der Waals surface area contributed by atoms with Crippen LogP contribution in [0.2, 0.25) is 0 Å². The Bertz CT molecular complexity index is 227. The van der Waals surface area contributed by atoms with Gasteiger partial charge in [-0.15, -0.1) is 0 Å². The zero-order valence-electron chi connectivity index (χ0n) is 5.83. The summed E-state index contributed by atoms with van der Waals surface area (Å²) in [7, 11) is 0. The maximum Gasteiger partial charge on any atom is 0.172 e. The molecule has 0 radical (unpaired) electrons. The van der Waals surface area contributed by atoms with E-state index in [4.69, 9.17) is 4.89 Å². The van der Waals surface area contributed by atoms with E-state index in [9.17, 15) is 0 Å². The van der Waals surface area contributed by atoms with Gasteiger partial charge in [-0.1, -0.05) is 28.8 Å². The third kappa shape index (κ3) is 1.32. The number of hydrazine groups is 1. The molecule has 0 unspecified atom stereocenters. The van der Waals surface area contributed by atoms with E-state index in [2.05, 4.69) is 16.0 Å². The van der Waals surface area contributed by atoms with Crippen molar-refractivity contribution in [2.45, 2.75) is 6.54 Å². The molecule has 0 spiro atoms. The fourth-order valence-corrected chi connectivity index (χ4v) is 0.958. The van der Waals surface area contributed by atoms with E-state index in [1.165, 1.54) is 0 Å². The first-order valence-electron chi connectivity index (χ1n) is 3.36. The molecule has 0 bridgehead atoms. The van der Waals surface area contributed by atoms with Crippen LogP contribution in [0.5, 0.6) is 5.75 Å². The second-order valence-corrected chi connectivity index (χ2v) is 2.23. The molecule has 1 aliphatic rings. The molecule has 0 aliphatic carbocycles. The highest BCUT2D eigenvalue weighted by Gasteiger charge is 2.06. The average Bonchev–Trinajstić information content (AvgIpc) is 2.28. The van der Waals surface area contributed by atoms with Crippen LogP contribution in [0, 0.1) is 0 Å². The molecule has 0 aromatic heterocycles. The quantitative estimate of drug-likeness (QED) is 0.532. The van der Waals surface area contributed by atoms with Crippen LogP contribution >= 0.6 is 0 Å². The van der Waals surface area contributed by atoms with Gasteiger partial charge in [0.25, 0.3) is 0 Å². The molecule has 1 aromatic carbocycles. The molecule has 1 aliphatic heterocycles. The van der Waals surface area contributed by atoms with Gasteiger partial charge in [0.05, 0.1) is 0 Å². The first kappa shape index (κ1) is 6.60. The Morgan fingerprint density at radius 1 is 1.27 bits per heavy atom. The molecule has 0 saturated heterocycles. The Balaban J connectivity index is 2.33. The highest BCUT2D eigenvalue weighted by atomic mass is 17.3. The van der Waals surface area contributed by atoms with Crippen LogP contribution in [0.1, 0.15) is 5.56 Å². The number of para-hydroxylation sites is 1. The predicted molar refractivity (Wildman–Crippen MR) is 38.1 cm³/mol. The molecule has 0 saturated carbocycles. The van der Waals surface area contributed by atoms with Crippen molar-refractivity contribution in [3.8, 4) is 5.75 Å². The predicted octanol–water partition coefficient (Wildman–Crippen LogP) is 0.520. The lowest BCUT2D eigenvalue weighted by atomic mass is 10.2. The van der Waals surface area contributed by atoms with Crippen molar-refractivity contribution in [1.29, 1.82) is 0 Å². The van der Waals surface area contributed by atoms with Crippen molar-refractivity contribution in [3.63, 3.8) is 0 Å². The van der Waals surface area contributed by atoms with Gasteiger partial charge in [-0.3, -0.25) is 0 Å². The summed E-state index contributed by atoms with van der Waals surface area (Å²) in [6, 6.07) is 7.67. The molecule has 4 nitrogen and oxygen atoms in total. The molecule has 2 N–H and O–H groups in total. The molecule has 2 rings (SSSR count). The lowest BCUT2D eigenvalue weighted by Gasteiger charge is -2.00. The van der Waals surface area contributed by atoms with E-state index in [1.807, 2.05) is 24.3 Å². The third-order valence-corrected chi connectivity index (χ3v) is 1.50. The monoisotopic (exact) mass is 152 g/mol. The van der Waals surface area contributed by atoms with Crippen LogP contribution in [-0.4, -0.2) is 0 Å². The summed E-state index contributed by atoms with van der Waals surface area (Å²) in [6.07, 6.45) is 0. The molecule has 4 heteroatoms. The molecule has 0 fully saturated rings. The number of nitrogens with one attached hydrogen (secondary N) is 2. The van der Waals surface area contributed by atoms with E-state index in [0.29, 0.717) is 6.54 Å². The van der Waals surface area contributed by atoms with Gasteiger partial charge in [-0.05, 0) is 6.07 Å². The van der Waals surface area contributed by atoms with E-state index in [0.717, 1.165) is 11.3 Å². The molecule has 11 heavy (non-hydrogen) atoms. The Labute approximate surface area is 64.0 Å². The summed E-state index contributed by atoms with van der Waals surface area (Å²) in [5.41, 5.74) is 6.30. The Morgan fingerprint density at radius 2 is 2.18 bits per heavy atom. The number of rotatable bonds is 0. The van der Waals surface area contributed by atoms with Gasteiger partial charge < -0.3 is 4.89 Å². The van der Waals surface area contributed by atoms with Crippen molar-refractivity contribution in [1.82, 2.24) is 11.0 Å². The fourth-order valence-electron chi connectivity index (χ4n) is 0.958. The minimum absolute atomic E-state index is 0.691. The van der Waals surface area contributed by atoms with E-state index in [-0.39, 0.29) is 0 Å². The molecular weight excluding hydrogens is 144 g/mol. The van der Waals surface area contributed by atoms with Crippen molar-refractivity contribution in [3.05, 3.63) is 29.8 Å². The maximum atomic E-state index is 4.87. The number of fused-ring (bicyclic) bond motifs is 1. The summed E-state index contributed by atoms with van der Waals surface area (Å²) in [5, 5.41) is 0. The minimum Gasteiger partial charge on any atom is -0.318 e. The topological polar surface area (TPSA) is 42.5 Å². The van der Waals surface area contributed by atoms with Crippen LogP contribution in [0.3, 0.4) is 0 Å². The SMILES string of the molecule is c1ccc2c(c1)CNNOO2. The van der Waals surface area contributed by atoms with E-state index < -0.39 is 0 Å². The molecule has 1 heterocycles. The summed E-state index contributed by atoms with van der Waals surface area (Å²) in [4.78, 5) is 9.43. The second-order valence-electron chi connectivity index (χ2n) is 2.23. The second kappa shape index (κ2) is 2.87. The standard InChI is InChI=1S/C7H8N2O2/c1-2-4-7-6(3-1)5-8-9-11-10-7/h1-4,8-9H,5H2. The van der Waals surface area contributed by atoms with Gasteiger partial charge in [-0.2, -0.15) is 0 Å². The fraction of sp³-hybridized carbons (Fsp3) is 0.143. The van der Waals surface area contributed by atoms with Crippen molar-refractivity contribution in [2.24, 2.45) is 0 Å². The number of hydrogen-bond acceptors (Lipinski definition) is 4. The van der Waals surface area contributed by atoms with Crippen LogP contribution < -0.4 is 15.9 Å². The highest BCUT2D eigenvalue weighted by Crippen LogP contribution is 2.18. The minimum atomic E-state index is 0.691. The van der Waals surface area contributed by atoms with Crippen LogP contribution in [0.25, 0.3) is 0 Å². The average molecular weight is 152 g/mol. The lowest BCUT2D eigenvalue weighted by molar-refractivity contribution is -0.266. The summed E-state index contributed by atoms with van der Waals surface area (Å²) >= 11 is 0. The van der Waals surface area contributed by atoms with Crippen molar-refractivity contribution < 1.29 is 9.88 Å². The normalized spacial score (nSPS) is 16.4. The van der Waals surface area contributed by atoms with Crippen LogP contribution in [0.15, 0.2) is 24.3 Å². The number of benzene rings is 1. The first-order valence-corrected chi connectivity index (χ1v) is 3.36. The Morgan fingerprint density at radius 3 is 3.18 bits per heavy atom. The molecule has 0 atom stereocenters. The largest absolute Gasteiger partial charge is 0.318 e. The van der Waals surface area contributed by atoms with E-state index >= 15 is 0 Å². The summed E-state index contributed by atoms with van der Waals surface area (Å²) in [5.74, 6) is 0.741. The van der Waals surface area contributed by atoms with Gasteiger partial charge in [-0.25, -0.2) is 5.43 Å². The summed E-state index contributed by atoms with van der Waals surface area (Å²) < 4.78 is 0. The van der Waals surface area contributed by atoms with Gasteiger partial charge >= 0.3 is 0 Å². The third-order valence-electron chi connectivity index (χ3n) is 1.50. The smallest absolute Gasteiger partial charge is 0.172 e. The van der Waals surface area contributed by atoms with E-state index in [1.54, 1.807) is 0 Å². The first-order chi connectivity index (χ1) is 5.47. The van der Waals surface area contributed by atoms with Crippen LogP contribution in [-0.2, 0) is 11.5 Å². The van der Waals surface area contributed by atoms with Gasteiger partial charge in [0.2, 0.25) is 0 Å². The Kier molecular flexibility index (Phi) is 1.72. The van der Waals surface area contributed by atoms with Crippen molar-refractivity contribution >= 4 is 0 Å². The number of hydrogen-bond donors (Lipinski definition) is 2. The van der Waals surface area contributed by atoms with Gasteiger partial charge in [0.15, 0.2) is 5.75 Å². The highest BCUT2D eigenvalue weighted by molar-refractivity contribution is 5.32. The zero-order valence-corrected chi connectivity index (χ0v) is 5.83. The molecule has 1 aromatic rings. The molecule has 58 valence electrons. The summed E-state index contributed by atoms with van der Waals surface area (Å²) in [6.45, 7) is 0.691. The molecule has 0 amide bonds. The van der Waals surface area contributed by atoms with Crippen LogP contribution in [0.4, 0.5) is 0 Å². The van der Waals surface area contributed by atoms with Gasteiger partial charge in [0.1, 0.15) is 0 Å². The van der Waals surface area contributed by atoms with Crippen molar-refractivity contribution in [2.75, 3.05) is 0 Å². The Hall–Kier alpha value is -1.10. The molecular formula is C7H8N2O2. The van der Waals surface area contributed by atoms with Gasteiger partial charge in [0, 0.05) is 12.1 Å². The zero-order chi connectivity index (χ0) is 7.52.